The molecule has 0 spiro atoms. The Kier molecular flexibility index (Phi) is 8.20. The molecule has 0 saturated carbocycles. The topological polar surface area (TPSA) is 92.8 Å². The van der Waals surface area contributed by atoms with Gasteiger partial charge in [0, 0.05) is 17.3 Å². The molecular weight excluding hydrogens is 581 g/mol. The van der Waals surface area contributed by atoms with E-state index in [1.807, 2.05) is 67.7 Å². The van der Waals surface area contributed by atoms with Crippen LogP contribution in [-0.2, 0) is 0 Å². The molecule has 0 N–H and O–H groups in total. The summed E-state index contributed by atoms with van der Waals surface area (Å²) in [7, 11) is 3.16. The summed E-state index contributed by atoms with van der Waals surface area (Å²) < 4.78 is 34.5. The van der Waals surface area contributed by atoms with Crippen LogP contribution in [0.4, 0.5) is 4.39 Å². The van der Waals surface area contributed by atoms with Crippen LogP contribution < -0.4 is 24.3 Å². The second-order valence-electron chi connectivity index (χ2n) is 9.73. The van der Waals surface area contributed by atoms with Crippen molar-refractivity contribution in [1.82, 2.24) is 24.4 Å². The lowest BCUT2D eigenvalue weighted by Crippen LogP contribution is -2.23. The van der Waals surface area contributed by atoms with Gasteiger partial charge < -0.3 is 14.2 Å². The molecule has 0 unspecified atom stereocenters. The summed E-state index contributed by atoms with van der Waals surface area (Å²) in [4.78, 5) is 18.4. The molecule has 0 saturated heterocycles. The SMILES string of the molecule is CCCOc1ccc(-c2nn(-c3ccccc3)cc2/C=c2\sc3nc(/C=C/c4ccc(OC)c(OC)c4)nn3c2=O)cc1F. The lowest BCUT2D eigenvalue weighted by molar-refractivity contribution is 0.301. The first kappa shape index (κ1) is 28.8. The molecular formula is C33H28FN5O4S. The fourth-order valence-electron chi connectivity index (χ4n) is 4.60. The van der Waals surface area contributed by atoms with Gasteiger partial charge in [0.05, 0.1) is 31.0 Å². The number of ether oxygens (including phenoxy) is 3. The van der Waals surface area contributed by atoms with Crippen molar-refractivity contribution in [1.29, 1.82) is 0 Å². The second-order valence-corrected chi connectivity index (χ2v) is 10.7. The fraction of sp³-hybridized carbons (Fsp3) is 0.152. The largest absolute Gasteiger partial charge is 0.493 e. The van der Waals surface area contributed by atoms with Gasteiger partial charge in [-0.25, -0.2) is 9.07 Å². The van der Waals surface area contributed by atoms with Crippen LogP contribution in [-0.4, -0.2) is 45.2 Å². The van der Waals surface area contributed by atoms with Crippen molar-refractivity contribution in [2.75, 3.05) is 20.8 Å². The summed E-state index contributed by atoms with van der Waals surface area (Å²) >= 11 is 1.22. The van der Waals surface area contributed by atoms with Gasteiger partial charge in [-0.05, 0) is 66.6 Å². The molecule has 11 heteroatoms. The molecule has 0 fully saturated rings. The van der Waals surface area contributed by atoms with E-state index in [0.717, 1.165) is 17.7 Å². The molecule has 6 rings (SSSR count). The second kappa shape index (κ2) is 12.5. The fourth-order valence-corrected chi connectivity index (χ4v) is 5.50. The monoisotopic (exact) mass is 609 g/mol. The zero-order valence-corrected chi connectivity index (χ0v) is 25.0. The summed E-state index contributed by atoms with van der Waals surface area (Å²) in [6.45, 7) is 2.39. The summed E-state index contributed by atoms with van der Waals surface area (Å²) in [5.74, 6) is 1.34. The summed E-state index contributed by atoms with van der Waals surface area (Å²) in [5.41, 5.74) is 3.10. The van der Waals surface area contributed by atoms with E-state index in [0.29, 0.717) is 50.2 Å². The zero-order valence-electron chi connectivity index (χ0n) is 24.2. The van der Waals surface area contributed by atoms with Gasteiger partial charge in [0.15, 0.2) is 28.9 Å². The molecule has 44 heavy (non-hydrogen) atoms. The highest BCUT2D eigenvalue weighted by molar-refractivity contribution is 7.15. The number of aromatic nitrogens is 5. The van der Waals surface area contributed by atoms with E-state index in [1.165, 1.54) is 21.9 Å². The van der Waals surface area contributed by atoms with Crippen LogP contribution >= 0.6 is 11.3 Å². The predicted molar refractivity (Wildman–Crippen MR) is 169 cm³/mol. The van der Waals surface area contributed by atoms with Crippen molar-refractivity contribution < 1.29 is 18.6 Å². The Hall–Kier alpha value is -5.29. The molecule has 0 radical (unpaired) electrons. The zero-order chi connectivity index (χ0) is 30.6. The number of nitrogens with zero attached hydrogens (tertiary/aromatic N) is 5. The minimum absolute atomic E-state index is 0.187. The highest BCUT2D eigenvalue weighted by Crippen LogP contribution is 2.30. The van der Waals surface area contributed by atoms with Gasteiger partial charge in [-0.3, -0.25) is 4.79 Å². The quantitative estimate of drug-likeness (QED) is 0.198. The number of methoxy groups -OCH3 is 2. The molecule has 0 aliphatic carbocycles. The van der Waals surface area contributed by atoms with E-state index in [2.05, 4.69) is 10.1 Å². The van der Waals surface area contributed by atoms with Crippen molar-refractivity contribution in [2.24, 2.45) is 0 Å². The van der Waals surface area contributed by atoms with Crippen LogP contribution in [0.1, 0.15) is 30.3 Å². The summed E-state index contributed by atoms with van der Waals surface area (Å²) in [5, 5.41) is 9.16. The van der Waals surface area contributed by atoms with E-state index in [4.69, 9.17) is 19.3 Å². The summed E-state index contributed by atoms with van der Waals surface area (Å²) in [6, 6.07) is 19.9. The lowest BCUT2D eigenvalue weighted by atomic mass is 10.1. The Labute approximate surface area is 256 Å². The molecule has 0 amide bonds. The predicted octanol–water partition coefficient (Wildman–Crippen LogP) is 5.67. The van der Waals surface area contributed by atoms with Gasteiger partial charge in [-0.15, -0.1) is 5.10 Å². The standard InChI is InChI=1S/C33H28FN5O4S/c1-4-16-43-26-14-12-22(18-25(26)34)31-23(20-38(37-31)24-8-6-5-7-9-24)19-29-32(40)39-33(44-29)35-30(36-39)15-11-21-10-13-27(41-2)28(17-21)42-3/h5-15,17-20H,4,16H2,1-3H3/b15-11+,29-19-. The van der Waals surface area contributed by atoms with Gasteiger partial charge in [-0.2, -0.15) is 14.6 Å². The Morgan fingerprint density at radius 2 is 1.73 bits per heavy atom. The number of halogens is 1. The third-order valence-corrected chi connectivity index (χ3v) is 7.71. The first-order chi connectivity index (χ1) is 21.5. The molecule has 0 atom stereocenters. The van der Waals surface area contributed by atoms with Gasteiger partial charge >= 0.3 is 0 Å². The van der Waals surface area contributed by atoms with Gasteiger partial charge in [-0.1, -0.05) is 48.6 Å². The number of fused-ring (bicyclic) bond motifs is 1. The normalized spacial score (nSPS) is 12.0. The maximum Gasteiger partial charge on any atom is 0.291 e. The van der Waals surface area contributed by atoms with Crippen LogP contribution in [0.5, 0.6) is 17.2 Å². The molecule has 0 aliphatic rings. The average Bonchev–Trinajstić information content (AvgIpc) is 3.74. The van der Waals surface area contributed by atoms with E-state index < -0.39 is 5.82 Å². The lowest BCUT2D eigenvalue weighted by Gasteiger charge is -2.07. The molecule has 0 aliphatic heterocycles. The highest BCUT2D eigenvalue weighted by atomic mass is 32.1. The number of benzene rings is 3. The van der Waals surface area contributed by atoms with E-state index in [1.54, 1.807) is 43.2 Å². The molecule has 9 nitrogen and oxygen atoms in total. The summed E-state index contributed by atoms with van der Waals surface area (Å²) in [6.07, 6.45) is 7.89. The highest BCUT2D eigenvalue weighted by Gasteiger charge is 2.16. The molecule has 222 valence electrons. The van der Waals surface area contributed by atoms with Crippen molar-refractivity contribution >= 4 is 34.5 Å². The Bertz CT molecular complexity index is 2080. The van der Waals surface area contributed by atoms with Crippen molar-refractivity contribution in [3.63, 3.8) is 0 Å². The molecule has 6 aromatic rings. The molecule has 0 bridgehead atoms. The van der Waals surface area contributed by atoms with Crippen LogP contribution in [0.2, 0.25) is 0 Å². The number of thiazole rings is 1. The third-order valence-electron chi connectivity index (χ3n) is 6.75. The molecule has 3 aromatic heterocycles. The minimum Gasteiger partial charge on any atom is -0.493 e. The Morgan fingerprint density at radius 1 is 0.932 bits per heavy atom. The number of hydrogen-bond donors (Lipinski definition) is 0. The van der Waals surface area contributed by atoms with Crippen LogP contribution in [0.3, 0.4) is 0 Å². The van der Waals surface area contributed by atoms with E-state index >= 15 is 0 Å². The van der Waals surface area contributed by atoms with E-state index in [9.17, 15) is 9.18 Å². The average molecular weight is 610 g/mol. The number of hydrogen-bond acceptors (Lipinski definition) is 8. The van der Waals surface area contributed by atoms with Crippen LogP contribution in [0.15, 0.2) is 77.7 Å². The van der Waals surface area contributed by atoms with Crippen LogP contribution in [0.25, 0.3) is 40.1 Å². The van der Waals surface area contributed by atoms with Crippen LogP contribution in [0, 0.1) is 5.82 Å². The van der Waals surface area contributed by atoms with Gasteiger partial charge in [0.1, 0.15) is 5.69 Å². The maximum atomic E-state index is 14.9. The first-order valence-corrected chi connectivity index (χ1v) is 14.7. The van der Waals surface area contributed by atoms with Crippen molar-refractivity contribution in [2.45, 2.75) is 13.3 Å². The van der Waals surface area contributed by atoms with Crippen molar-refractivity contribution in [3.8, 4) is 34.2 Å². The molecule has 3 aromatic carbocycles. The third kappa shape index (κ3) is 5.82. The number of para-hydroxylation sites is 1. The van der Waals surface area contributed by atoms with Gasteiger partial charge in [0.2, 0.25) is 4.96 Å². The Balaban J connectivity index is 1.36. The maximum absolute atomic E-state index is 14.9. The smallest absolute Gasteiger partial charge is 0.291 e. The minimum atomic E-state index is -0.479. The van der Waals surface area contributed by atoms with E-state index in [-0.39, 0.29) is 11.3 Å². The Morgan fingerprint density at radius 3 is 2.45 bits per heavy atom. The van der Waals surface area contributed by atoms with Gasteiger partial charge in [0.25, 0.3) is 5.56 Å². The molecule has 3 heterocycles. The number of rotatable bonds is 10. The first-order valence-electron chi connectivity index (χ1n) is 13.9. The van der Waals surface area contributed by atoms with Crippen molar-refractivity contribution in [3.05, 3.63) is 111 Å².